The third kappa shape index (κ3) is 2.04. The smallest absolute Gasteiger partial charge is 0.129 e. The molecule has 2 fully saturated rings. The molecule has 1 aromatic rings. The number of rotatable bonds is 2. The predicted molar refractivity (Wildman–Crippen MR) is 67.9 cm³/mol. The molecule has 1 saturated heterocycles. The zero-order valence-electron chi connectivity index (χ0n) is 10.2. The number of pyridine rings is 1. The van der Waals surface area contributed by atoms with Crippen LogP contribution < -0.4 is 4.90 Å². The molecule has 92 valence electrons. The van der Waals surface area contributed by atoms with Crippen molar-refractivity contribution in [1.82, 2.24) is 4.98 Å². The summed E-state index contributed by atoms with van der Waals surface area (Å²) in [6, 6.07) is 6.67. The molecule has 3 nitrogen and oxygen atoms in total. The van der Waals surface area contributed by atoms with E-state index in [0.717, 1.165) is 24.0 Å². The van der Waals surface area contributed by atoms with E-state index < -0.39 is 0 Å². The maximum Gasteiger partial charge on any atom is 0.129 e. The first-order chi connectivity index (χ1) is 8.38. The van der Waals surface area contributed by atoms with Crippen molar-refractivity contribution < 1.29 is 5.11 Å². The van der Waals surface area contributed by atoms with E-state index in [-0.39, 0.29) is 6.61 Å². The van der Waals surface area contributed by atoms with Crippen molar-refractivity contribution in [3.05, 3.63) is 23.9 Å². The normalized spacial score (nSPS) is 28.2. The molecule has 2 atom stereocenters. The van der Waals surface area contributed by atoms with Crippen molar-refractivity contribution in [2.24, 2.45) is 5.92 Å². The summed E-state index contributed by atoms with van der Waals surface area (Å²) >= 11 is 0. The number of hydrogen-bond donors (Lipinski definition) is 1. The van der Waals surface area contributed by atoms with E-state index in [9.17, 15) is 0 Å². The second kappa shape index (κ2) is 4.65. The van der Waals surface area contributed by atoms with Gasteiger partial charge in [-0.1, -0.05) is 18.9 Å². The first-order valence-corrected chi connectivity index (χ1v) is 6.72. The Labute approximate surface area is 102 Å². The van der Waals surface area contributed by atoms with Crippen LogP contribution in [0, 0.1) is 5.92 Å². The molecule has 2 aliphatic rings. The minimum Gasteiger partial charge on any atom is -0.390 e. The van der Waals surface area contributed by atoms with E-state index in [0.29, 0.717) is 6.04 Å². The summed E-state index contributed by atoms with van der Waals surface area (Å²) in [6.45, 7) is 1.17. The van der Waals surface area contributed by atoms with Crippen LogP contribution in [0.15, 0.2) is 18.2 Å². The van der Waals surface area contributed by atoms with Gasteiger partial charge in [0.25, 0.3) is 0 Å². The molecule has 3 heteroatoms. The van der Waals surface area contributed by atoms with Gasteiger partial charge in [0.15, 0.2) is 0 Å². The lowest BCUT2D eigenvalue weighted by molar-refractivity contribution is 0.276. The molecule has 2 heterocycles. The third-order valence-electron chi connectivity index (χ3n) is 4.26. The van der Waals surface area contributed by atoms with E-state index in [2.05, 4.69) is 16.0 Å². The lowest BCUT2D eigenvalue weighted by Gasteiger charge is -2.32. The highest BCUT2D eigenvalue weighted by molar-refractivity contribution is 5.42. The molecule has 3 rings (SSSR count). The number of nitrogens with zero attached hydrogens (tertiary/aromatic N) is 2. The maximum absolute atomic E-state index is 9.16. The highest BCUT2D eigenvalue weighted by Crippen LogP contribution is 2.38. The summed E-state index contributed by atoms with van der Waals surface area (Å²) in [7, 11) is 0. The maximum atomic E-state index is 9.16. The number of aliphatic hydroxyl groups is 1. The molecule has 17 heavy (non-hydrogen) atoms. The van der Waals surface area contributed by atoms with Gasteiger partial charge in [-0.05, 0) is 37.3 Å². The number of fused-ring (bicyclic) bond motifs is 1. The highest BCUT2D eigenvalue weighted by Gasteiger charge is 2.36. The molecule has 0 aromatic carbocycles. The molecule has 0 amide bonds. The van der Waals surface area contributed by atoms with Crippen molar-refractivity contribution in [3.63, 3.8) is 0 Å². The highest BCUT2D eigenvalue weighted by atomic mass is 16.3. The Bertz CT molecular complexity index is 394. The fraction of sp³-hybridized carbons (Fsp3) is 0.643. The number of aliphatic hydroxyl groups excluding tert-OH is 1. The van der Waals surface area contributed by atoms with Crippen molar-refractivity contribution in [3.8, 4) is 0 Å². The van der Waals surface area contributed by atoms with Crippen LogP contribution >= 0.6 is 0 Å². The largest absolute Gasteiger partial charge is 0.390 e. The van der Waals surface area contributed by atoms with E-state index >= 15 is 0 Å². The van der Waals surface area contributed by atoms with Gasteiger partial charge in [-0.25, -0.2) is 4.98 Å². The van der Waals surface area contributed by atoms with E-state index in [4.69, 9.17) is 5.11 Å². The average molecular weight is 232 g/mol. The second-order valence-corrected chi connectivity index (χ2v) is 5.24. The molecule has 1 aliphatic carbocycles. The monoisotopic (exact) mass is 232 g/mol. The minimum absolute atomic E-state index is 0.0375. The quantitative estimate of drug-likeness (QED) is 0.850. The van der Waals surface area contributed by atoms with Crippen molar-refractivity contribution >= 4 is 5.82 Å². The average Bonchev–Trinajstić information content (AvgIpc) is 2.82. The van der Waals surface area contributed by atoms with Gasteiger partial charge in [-0.2, -0.15) is 0 Å². The Morgan fingerprint density at radius 3 is 3.00 bits per heavy atom. The number of aromatic nitrogens is 1. The van der Waals surface area contributed by atoms with E-state index in [1.54, 1.807) is 0 Å². The molecular weight excluding hydrogens is 212 g/mol. The second-order valence-electron chi connectivity index (χ2n) is 5.24. The topological polar surface area (TPSA) is 36.4 Å². The lowest BCUT2D eigenvalue weighted by atomic mass is 9.85. The fourth-order valence-electron chi connectivity index (χ4n) is 3.41. The molecule has 0 spiro atoms. The Balaban J connectivity index is 1.83. The molecule has 0 radical (unpaired) electrons. The zero-order chi connectivity index (χ0) is 11.7. The van der Waals surface area contributed by atoms with Gasteiger partial charge < -0.3 is 10.0 Å². The lowest BCUT2D eigenvalue weighted by Crippen LogP contribution is -2.35. The first kappa shape index (κ1) is 11.0. The Morgan fingerprint density at radius 2 is 2.12 bits per heavy atom. The summed E-state index contributed by atoms with van der Waals surface area (Å²) in [5.74, 6) is 1.94. The van der Waals surface area contributed by atoms with Gasteiger partial charge in [0.1, 0.15) is 5.82 Å². The van der Waals surface area contributed by atoms with Gasteiger partial charge in [-0.3, -0.25) is 0 Å². The van der Waals surface area contributed by atoms with Crippen LogP contribution in [-0.2, 0) is 6.61 Å². The summed E-state index contributed by atoms with van der Waals surface area (Å²) in [6.07, 6.45) is 6.78. The van der Waals surface area contributed by atoms with Gasteiger partial charge in [0.2, 0.25) is 0 Å². The van der Waals surface area contributed by atoms with E-state index in [1.807, 2.05) is 12.1 Å². The van der Waals surface area contributed by atoms with Crippen LogP contribution in [0.5, 0.6) is 0 Å². The van der Waals surface area contributed by atoms with Crippen molar-refractivity contribution in [1.29, 1.82) is 0 Å². The van der Waals surface area contributed by atoms with Crippen LogP contribution in [0.1, 0.15) is 37.8 Å². The summed E-state index contributed by atoms with van der Waals surface area (Å²) in [5, 5.41) is 9.16. The summed E-state index contributed by atoms with van der Waals surface area (Å²) in [5.41, 5.74) is 0.779. The van der Waals surface area contributed by atoms with Crippen LogP contribution in [0.3, 0.4) is 0 Å². The molecule has 1 N–H and O–H groups in total. The number of anilines is 1. The zero-order valence-corrected chi connectivity index (χ0v) is 10.2. The molecule has 0 bridgehead atoms. The van der Waals surface area contributed by atoms with Gasteiger partial charge in [-0.15, -0.1) is 0 Å². The standard InChI is InChI=1S/C14H20N2O/c17-10-12-5-3-7-14(15-12)16-9-8-11-4-1-2-6-13(11)16/h3,5,7,11,13,17H,1-2,4,6,8-10H2. The fourth-order valence-corrected chi connectivity index (χ4v) is 3.41. The Hall–Kier alpha value is -1.09. The van der Waals surface area contributed by atoms with Crippen LogP contribution in [-0.4, -0.2) is 22.7 Å². The summed E-state index contributed by atoms with van der Waals surface area (Å²) in [4.78, 5) is 7.00. The third-order valence-corrected chi connectivity index (χ3v) is 4.26. The van der Waals surface area contributed by atoms with Crippen LogP contribution in [0.25, 0.3) is 0 Å². The number of hydrogen-bond acceptors (Lipinski definition) is 3. The molecule has 1 saturated carbocycles. The first-order valence-electron chi connectivity index (χ1n) is 6.72. The molecular formula is C14H20N2O. The van der Waals surface area contributed by atoms with Gasteiger partial charge in [0, 0.05) is 12.6 Å². The Kier molecular flexibility index (Phi) is 3.02. The van der Waals surface area contributed by atoms with Crippen molar-refractivity contribution in [2.45, 2.75) is 44.8 Å². The van der Waals surface area contributed by atoms with Gasteiger partial charge in [0.05, 0.1) is 12.3 Å². The summed E-state index contributed by atoms with van der Waals surface area (Å²) < 4.78 is 0. The SMILES string of the molecule is OCc1cccc(N2CCC3CCCCC32)n1. The Morgan fingerprint density at radius 1 is 1.24 bits per heavy atom. The van der Waals surface area contributed by atoms with Gasteiger partial charge >= 0.3 is 0 Å². The van der Waals surface area contributed by atoms with Crippen LogP contribution in [0.2, 0.25) is 0 Å². The molecule has 2 unspecified atom stereocenters. The van der Waals surface area contributed by atoms with Crippen LogP contribution in [0.4, 0.5) is 5.82 Å². The van der Waals surface area contributed by atoms with Crippen molar-refractivity contribution in [2.75, 3.05) is 11.4 Å². The molecule has 1 aliphatic heterocycles. The molecule has 1 aromatic heterocycles. The minimum atomic E-state index is 0.0375. The predicted octanol–water partition coefficient (Wildman–Crippen LogP) is 2.34. The van der Waals surface area contributed by atoms with E-state index in [1.165, 1.54) is 32.1 Å².